The molecule has 3 aromatic rings. The van der Waals surface area contributed by atoms with Gasteiger partial charge in [0.25, 0.3) is 5.91 Å². The quantitative estimate of drug-likeness (QED) is 0.194. The van der Waals surface area contributed by atoms with E-state index in [9.17, 15) is 26.7 Å². The average Bonchev–Trinajstić information content (AvgIpc) is 3.38. The summed E-state index contributed by atoms with van der Waals surface area (Å²) in [4.78, 5) is 15.5. The normalized spacial score (nSPS) is 13.7. The molecule has 1 aromatic heterocycles. The summed E-state index contributed by atoms with van der Waals surface area (Å²) in [5.41, 5.74) is 0.197. The fourth-order valence-electron chi connectivity index (χ4n) is 3.62. The molecule has 2 aromatic carbocycles. The Morgan fingerprint density at radius 1 is 0.914 bits per heavy atom. The van der Waals surface area contributed by atoms with Gasteiger partial charge in [0.1, 0.15) is 5.69 Å². The molecule has 4 rings (SSSR count). The second kappa shape index (κ2) is 10.3. The van der Waals surface area contributed by atoms with Crippen LogP contribution in [0.25, 0.3) is 0 Å². The Morgan fingerprint density at radius 2 is 1.51 bits per heavy atom. The number of halogens is 6. The van der Waals surface area contributed by atoms with Crippen LogP contribution in [0.4, 0.5) is 39.0 Å². The molecule has 184 valence electrons. The topological polar surface area (TPSA) is 47.6 Å². The van der Waals surface area contributed by atoms with Gasteiger partial charge < -0.3 is 15.1 Å². The molecule has 0 aliphatic carbocycles. The van der Waals surface area contributed by atoms with Crippen molar-refractivity contribution < 1.29 is 26.7 Å². The third kappa shape index (κ3) is 5.19. The predicted octanol–water partition coefficient (Wildman–Crippen LogP) is 5.55. The van der Waals surface area contributed by atoms with E-state index in [0.29, 0.717) is 21.3 Å². The van der Waals surface area contributed by atoms with Crippen molar-refractivity contribution in [2.24, 2.45) is 0 Å². The fraction of sp³-hybridized carbons (Fsp3) is 0.182. The number of piperazine rings is 1. The Morgan fingerprint density at radius 3 is 2.09 bits per heavy atom. The van der Waals surface area contributed by atoms with E-state index in [0.717, 1.165) is 4.90 Å². The predicted molar refractivity (Wildman–Crippen MR) is 130 cm³/mol. The molecule has 1 saturated heterocycles. The largest absolute Gasteiger partial charge is 0.367 e. The lowest BCUT2D eigenvalue weighted by atomic mass is 10.2. The van der Waals surface area contributed by atoms with Crippen molar-refractivity contribution in [3.05, 3.63) is 74.7 Å². The molecule has 0 unspecified atom stereocenters. The zero-order chi connectivity index (χ0) is 25.3. The monoisotopic (exact) mass is 546 g/mol. The van der Waals surface area contributed by atoms with Gasteiger partial charge in [-0.1, -0.05) is 17.7 Å². The molecule has 0 saturated carbocycles. The Hall–Kier alpha value is -2.96. The molecule has 2 heterocycles. The van der Waals surface area contributed by atoms with Crippen molar-refractivity contribution in [1.29, 1.82) is 0 Å². The maximum atomic E-state index is 14.1. The maximum Gasteiger partial charge on any atom is 0.267 e. The number of benzene rings is 2. The van der Waals surface area contributed by atoms with E-state index in [1.165, 1.54) is 11.3 Å². The highest BCUT2D eigenvalue weighted by Gasteiger charge is 2.31. The Kier molecular flexibility index (Phi) is 7.43. The Bertz CT molecular complexity index is 1250. The van der Waals surface area contributed by atoms with Crippen molar-refractivity contribution in [3.63, 3.8) is 0 Å². The summed E-state index contributed by atoms with van der Waals surface area (Å²) in [5.74, 6) is -10.2. The molecule has 1 fully saturated rings. The van der Waals surface area contributed by atoms with Gasteiger partial charge in [-0.2, -0.15) is 0 Å². The molecule has 1 aliphatic heterocycles. The van der Waals surface area contributed by atoms with E-state index in [1.807, 2.05) is 4.90 Å². The second-order valence-electron chi connectivity index (χ2n) is 7.44. The smallest absolute Gasteiger partial charge is 0.267 e. The summed E-state index contributed by atoms with van der Waals surface area (Å²) in [6.07, 6.45) is 0. The first-order valence-corrected chi connectivity index (χ1v) is 11.8. The number of hydrogen-bond acceptors (Lipinski definition) is 5. The summed E-state index contributed by atoms with van der Waals surface area (Å²) in [5, 5.41) is 7.63. The molecule has 2 N–H and O–H groups in total. The standard InChI is InChI=1S/C22H16ClF5N4OS2/c23-12-10-11(29-22(34)30-21(33)14-2-1-9-35-14)3-4-13(12)31-5-7-32(8-6-31)20-18(27)16(25)15(24)17(26)19(20)28/h1-4,9-10H,5-8H2,(H2,29,30,33,34). The van der Waals surface area contributed by atoms with Gasteiger partial charge in [0.15, 0.2) is 28.4 Å². The molecule has 13 heteroatoms. The van der Waals surface area contributed by atoms with Gasteiger partial charge in [0, 0.05) is 31.9 Å². The van der Waals surface area contributed by atoms with Crippen LogP contribution in [0.2, 0.25) is 5.02 Å². The van der Waals surface area contributed by atoms with Crippen LogP contribution in [0.3, 0.4) is 0 Å². The number of carbonyl (C=O) groups excluding carboxylic acids is 1. The Balaban J connectivity index is 1.40. The number of nitrogens with zero attached hydrogens (tertiary/aromatic N) is 2. The maximum absolute atomic E-state index is 14.1. The summed E-state index contributed by atoms with van der Waals surface area (Å²) < 4.78 is 68.7. The zero-order valence-electron chi connectivity index (χ0n) is 17.7. The molecule has 0 radical (unpaired) electrons. The van der Waals surface area contributed by atoms with Crippen molar-refractivity contribution in [1.82, 2.24) is 5.32 Å². The molecule has 0 atom stereocenters. The van der Waals surface area contributed by atoms with Gasteiger partial charge in [-0.3, -0.25) is 10.1 Å². The zero-order valence-corrected chi connectivity index (χ0v) is 20.1. The third-order valence-electron chi connectivity index (χ3n) is 5.30. The van der Waals surface area contributed by atoms with Crippen LogP contribution in [-0.4, -0.2) is 37.2 Å². The lowest BCUT2D eigenvalue weighted by molar-refractivity contribution is 0.0981. The molecule has 35 heavy (non-hydrogen) atoms. The van der Waals surface area contributed by atoms with Crippen molar-refractivity contribution in [2.45, 2.75) is 0 Å². The first-order chi connectivity index (χ1) is 16.7. The lowest BCUT2D eigenvalue weighted by Gasteiger charge is -2.38. The van der Waals surface area contributed by atoms with Crippen LogP contribution in [-0.2, 0) is 0 Å². The first-order valence-electron chi connectivity index (χ1n) is 10.1. The van der Waals surface area contributed by atoms with Crippen LogP contribution in [0.15, 0.2) is 35.7 Å². The average molecular weight is 547 g/mol. The fourth-order valence-corrected chi connectivity index (χ4v) is 4.75. The highest BCUT2D eigenvalue weighted by molar-refractivity contribution is 7.80. The van der Waals surface area contributed by atoms with Gasteiger partial charge in [0.05, 0.1) is 15.6 Å². The molecule has 0 spiro atoms. The van der Waals surface area contributed by atoms with Crippen molar-refractivity contribution >= 4 is 63.2 Å². The SMILES string of the molecule is O=C(NC(=S)Nc1ccc(N2CCN(c3c(F)c(F)c(F)c(F)c3F)CC2)c(Cl)c1)c1cccs1. The van der Waals surface area contributed by atoms with E-state index < -0.39 is 34.8 Å². The first kappa shape index (κ1) is 25.1. The summed E-state index contributed by atoms with van der Waals surface area (Å²) in [6, 6.07) is 8.39. The van der Waals surface area contributed by atoms with E-state index in [1.54, 1.807) is 35.7 Å². The minimum atomic E-state index is -2.19. The summed E-state index contributed by atoms with van der Waals surface area (Å²) >= 11 is 12.8. The van der Waals surface area contributed by atoms with E-state index in [4.69, 9.17) is 23.8 Å². The van der Waals surface area contributed by atoms with Gasteiger partial charge in [-0.15, -0.1) is 11.3 Å². The summed E-state index contributed by atoms with van der Waals surface area (Å²) in [6.45, 7) is 0.462. The van der Waals surface area contributed by atoms with E-state index in [2.05, 4.69) is 10.6 Å². The minimum absolute atomic E-state index is 0.00746. The van der Waals surface area contributed by atoms with Gasteiger partial charge in [-0.05, 0) is 41.9 Å². The molecular formula is C22H16ClF5N4OS2. The lowest BCUT2D eigenvalue weighted by Crippen LogP contribution is -2.47. The molecular weight excluding hydrogens is 531 g/mol. The number of thiocarbonyl (C=S) groups is 1. The van der Waals surface area contributed by atoms with E-state index >= 15 is 0 Å². The molecule has 5 nitrogen and oxygen atoms in total. The van der Waals surface area contributed by atoms with Crippen molar-refractivity contribution in [2.75, 3.05) is 41.3 Å². The van der Waals surface area contributed by atoms with Crippen LogP contribution in [0, 0.1) is 29.1 Å². The second-order valence-corrected chi connectivity index (χ2v) is 9.21. The van der Waals surface area contributed by atoms with E-state index in [-0.39, 0.29) is 37.2 Å². The third-order valence-corrected chi connectivity index (χ3v) is 6.68. The van der Waals surface area contributed by atoms with Crippen LogP contribution in [0.1, 0.15) is 9.67 Å². The molecule has 1 amide bonds. The Labute approximate surface area is 211 Å². The minimum Gasteiger partial charge on any atom is -0.367 e. The highest BCUT2D eigenvalue weighted by atomic mass is 35.5. The summed E-state index contributed by atoms with van der Waals surface area (Å²) in [7, 11) is 0. The van der Waals surface area contributed by atoms with Gasteiger partial charge in [-0.25, -0.2) is 22.0 Å². The number of carbonyl (C=O) groups is 1. The molecule has 0 bridgehead atoms. The van der Waals surface area contributed by atoms with Crippen LogP contribution >= 0.6 is 35.2 Å². The number of anilines is 3. The number of rotatable bonds is 4. The number of amides is 1. The van der Waals surface area contributed by atoms with Crippen LogP contribution in [0.5, 0.6) is 0 Å². The number of hydrogen-bond donors (Lipinski definition) is 2. The molecule has 1 aliphatic rings. The van der Waals surface area contributed by atoms with Gasteiger partial charge >= 0.3 is 0 Å². The van der Waals surface area contributed by atoms with Crippen LogP contribution < -0.4 is 20.4 Å². The number of nitrogens with one attached hydrogen (secondary N) is 2. The van der Waals surface area contributed by atoms with Gasteiger partial charge in [0.2, 0.25) is 5.82 Å². The van der Waals surface area contributed by atoms with Crippen molar-refractivity contribution in [3.8, 4) is 0 Å². The highest BCUT2D eigenvalue weighted by Crippen LogP contribution is 2.33. The number of thiophene rings is 1.